The molecule has 0 amide bonds. The van der Waals surface area contributed by atoms with Gasteiger partial charge in [-0.3, -0.25) is 0 Å². The molecule has 1 aliphatic carbocycles. The van der Waals surface area contributed by atoms with E-state index < -0.39 is 46.3 Å². The zero-order valence-electron chi connectivity index (χ0n) is 24.5. The Balaban J connectivity index is 0.000000573. The van der Waals surface area contributed by atoms with E-state index in [2.05, 4.69) is 4.18 Å². The second-order valence-corrected chi connectivity index (χ2v) is 12.5. The molecule has 0 atom stereocenters. The van der Waals surface area contributed by atoms with Crippen LogP contribution in [0, 0.1) is 6.92 Å². The molecule has 0 bridgehead atoms. The Hall–Kier alpha value is -3.42. The summed E-state index contributed by atoms with van der Waals surface area (Å²) < 4.78 is 161. The Labute approximate surface area is 267 Å². The summed E-state index contributed by atoms with van der Waals surface area (Å²) in [5, 5.41) is 12.2. The average Bonchev–Trinajstić information content (AvgIpc) is 3.36. The third-order valence-corrected chi connectivity index (χ3v) is 9.23. The largest absolute Gasteiger partial charge is 0.499 e. The summed E-state index contributed by atoms with van der Waals surface area (Å²) >= 11 is 1.36. The van der Waals surface area contributed by atoms with Crippen molar-refractivity contribution >= 4 is 44.7 Å². The average molecular weight is 720 g/mol. The van der Waals surface area contributed by atoms with Crippen molar-refractivity contribution in [2.75, 3.05) is 14.2 Å². The van der Waals surface area contributed by atoms with E-state index in [4.69, 9.17) is 19.5 Å². The first-order chi connectivity index (χ1) is 21.6. The van der Waals surface area contributed by atoms with Gasteiger partial charge in [0.15, 0.2) is 5.76 Å². The molecule has 47 heavy (non-hydrogen) atoms. The number of aryl methyl sites for hydroxylation is 2. The van der Waals surface area contributed by atoms with Crippen LogP contribution in [0.2, 0.25) is 0 Å². The standard InChI is InChI=1S/C23H19F9O5S.C5H7BO2S/c1-35-15-8-6-13(7-9-15)17-5-3-4-14-12-16(36-2)10-11-18(14)19(17)37-38(33,34)23(31,32)21(26,27)20(24,25)22(28,29)30;1-4-2-3-9-5(4)6(7)8/h6-12H,3-5H2,1-2H3;2-3,7-8H,1H3. The second-order valence-electron chi connectivity index (χ2n) is 9.96. The van der Waals surface area contributed by atoms with E-state index >= 15 is 0 Å². The maximum Gasteiger partial charge on any atom is 0.499 e. The quantitative estimate of drug-likeness (QED) is 0.150. The first-order valence-corrected chi connectivity index (χ1v) is 15.5. The van der Waals surface area contributed by atoms with Crippen molar-refractivity contribution in [3.05, 3.63) is 76.2 Å². The number of hydrogen-bond acceptors (Lipinski definition) is 8. The summed E-state index contributed by atoms with van der Waals surface area (Å²) in [7, 11) is -5.84. The van der Waals surface area contributed by atoms with Crippen LogP contribution in [0.25, 0.3) is 11.3 Å². The SMILES string of the molecule is COc1ccc(C2=C(OS(=O)(=O)C(F)(F)C(F)(F)C(F)(F)C(F)(F)F)c3ccc(OC)cc3CCC2)cc1.Cc1ccsc1B(O)O. The van der Waals surface area contributed by atoms with Gasteiger partial charge in [0.05, 0.1) is 14.2 Å². The number of alkyl halides is 9. The minimum absolute atomic E-state index is 0.0746. The molecular weight excluding hydrogens is 694 g/mol. The van der Waals surface area contributed by atoms with Gasteiger partial charge in [-0.25, -0.2) is 0 Å². The molecule has 0 saturated heterocycles. The molecule has 19 heteroatoms. The van der Waals surface area contributed by atoms with Gasteiger partial charge in [-0.1, -0.05) is 12.1 Å². The van der Waals surface area contributed by atoms with Gasteiger partial charge in [-0.15, -0.1) is 0 Å². The number of allylic oxidation sites excluding steroid dienone is 1. The van der Waals surface area contributed by atoms with Gasteiger partial charge in [-0.05, 0) is 84.7 Å². The minimum atomic E-state index is -7.43. The van der Waals surface area contributed by atoms with Crippen molar-refractivity contribution < 1.29 is 71.6 Å². The topological polar surface area (TPSA) is 102 Å². The summed E-state index contributed by atoms with van der Waals surface area (Å²) in [6.07, 6.45) is -6.83. The molecule has 0 radical (unpaired) electrons. The third kappa shape index (κ3) is 7.52. The van der Waals surface area contributed by atoms with Crippen LogP contribution < -0.4 is 14.3 Å². The van der Waals surface area contributed by atoms with Gasteiger partial charge < -0.3 is 23.7 Å². The third-order valence-electron chi connectivity index (χ3n) is 6.90. The molecule has 2 aromatic carbocycles. The van der Waals surface area contributed by atoms with E-state index in [0.29, 0.717) is 10.5 Å². The summed E-state index contributed by atoms with van der Waals surface area (Å²) in [4.78, 5) is 0. The van der Waals surface area contributed by atoms with E-state index in [1.807, 2.05) is 18.4 Å². The first-order valence-electron chi connectivity index (χ1n) is 13.2. The van der Waals surface area contributed by atoms with Gasteiger partial charge >= 0.3 is 40.5 Å². The molecule has 0 unspecified atom stereocenters. The van der Waals surface area contributed by atoms with Crippen molar-refractivity contribution in [1.29, 1.82) is 0 Å². The van der Waals surface area contributed by atoms with Crippen LogP contribution in [0.3, 0.4) is 0 Å². The monoisotopic (exact) mass is 720 g/mol. The number of fused-ring (bicyclic) bond motifs is 1. The fourth-order valence-corrected chi connectivity index (χ4v) is 6.10. The van der Waals surface area contributed by atoms with Crippen LogP contribution in [0.4, 0.5) is 39.5 Å². The molecule has 4 rings (SSSR count). The summed E-state index contributed by atoms with van der Waals surface area (Å²) in [5.74, 6) is -15.2. The highest BCUT2D eigenvalue weighted by Gasteiger charge is 2.86. The molecule has 0 aliphatic heterocycles. The Morgan fingerprint density at radius 2 is 1.38 bits per heavy atom. The maximum absolute atomic E-state index is 14.5. The molecule has 258 valence electrons. The zero-order valence-corrected chi connectivity index (χ0v) is 26.2. The maximum atomic E-state index is 14.5. The van der Waals surface area contributed by atoms with Gasteiger partial charge in [-0.2, -0.15) is 59.3 Å². The fourth-order valence-electron chi connectivity index (χ4n) is 4.35. The fraction of sp³-hybridized carbons (Fsp3) is 0.357. The predicted molar refractivity (Wildman–Crippen MR) is 156 cm³/mol. The van der Waals surface area contributed by atoms with Gasteiger partial charge in [0, 0.05) is 15.9 Å². The molecule has 3 aromatic rings. The predicted octanol–water partition coefficient (Wildman–Crippen LogP) is 6.42. The summed E-state index contributed by atoms with van der Waals surface area (Å²) in [6, 6.07) is 11.2. The van der Waals surface area contributed by atoms with E-state index in [-0.39, 0.29) is 47.3 Å². The Morgan fingerprint density at radius 1 is 0.809 bits per heavy atom. The van der Waals surface area contributed by atoms with Gasteiger partial charge in [0.2, 0.25) is 0 Å². The molecule has 1 aliphatic rings. The number of rotatable bonds is 9. The highest BCUT2D eigenvalue weighted by molar-refractivity contribution is 7.88. The second kappa shape index (κ2) is 14.0. The molecule has 0 spiro atoms. The lowest BCUT2D eigenvalue weighted by atomic mass is 9.87. The Kier molecular flexibility index (Phi) is 11.3. The van der Waals surface area contributed by atoms with Crippen molar-refractivity contribution in [1.82, 2.24) is 0 Å². The number of methoxy groups -OCH3 is 2. The van der Waals surface area contributed by atoms with Gasteiger partial charge in [0.25, 0.3) is 0 Å². The van der Waals surface area contributed by atoms with Crippen LogP contribution >= 0.6 is 11.3 Å². The van der Waals surface area contributed by atoms with Crippen LogP contribution in [0.15, 0.2) is 53.9 Å². The number of benzene rings is 2. The van der Waals surface area contributed by atoms with Crippen molar-refractivity contribution in [2.45, 2.75) is 49.5 Å². The van der Waals surface area contributed by atoms with Crippen molar-refractivity contribution in [3.63, 3.8) is 0 Å². The van der Waals surface area contributed by atoms with Crippen molar-refractivity contribution in [3.8, 4) is 11.5 Å². The highest BCUT2D eigenvalue weighted by atomic mass is 32.2. The number of hydrogen-bond donors (Lipinski definition) is 2. The molecule has 1 aromatic heterocycles. The van der Waals surface area contributed by atoms with Crippen LogP contribution in [-0.2, 0) is 20.7 Å². The number of thiophene rings is 1. The molecule has 0 saturated carbocycles. The molecule has 1 heterocycles. The molecule has 2 N–H and O–H groups in total. The van der Waals surface area contributed by atoms with Crippen LogP contribution in [-0.4, -0.2) is 63.1 Å². The smallest absolute Gasteiger partial charge is 0.497 e. The van der Waals surface area contributed by atoms with Gasteiger partial charge in [0.1, 0.15) is 11.5 Å². The van der Waals surface area contributed by atoms with E-state index in [1.165, 1.54) is 62.0 Å². The summed E-state index contributed by atoms with van der Waals surface area (Å²) in [6.45, 7) is 1.85. The molecule has 0 fully saturated rings. The minimum Gasteiger partial charge on any atom is -0.497 e. The van der Waals surface area contributed by atoms with Crippen molar-refractivity contribution in [2.24, 2.45) is 0 Å². The Bertz CT molecular complexity index is 1690. The van der Waals surface area contributed by atoms with E-state index in [9.17, 15) is 47.9 Å². The lowest BCUT2D eigenvalue weighted by Crippen LogP contribution is -2.63. The van der Waals surface area contributed by atoms with Crippen LogP contribution in [0.1, 0.15) is 35.1 Å². The number of ether oxygens (including phenoxy) is 2. The number of halogens is 9. The van der Waals surface area contributed by atoms with E-state index in [0.717, 1.165) is 11.6 Å². The van der Waals surface area contributed by atoms with E-state index in [1.54, 1.807) is 0 Å². The summed E-state index contributed by atoms with van der Waals surface area (Å²) in [5.41, 5.74) is 1.06. The Morgan fingerprint density at radius 3 is 1.85 bits per heavy atom. The normalized spacial score (nSPS) is 14.4. The zero-order chi connectivity index (χ0) is 35.6. The molecule has 7 nitrogen and oxygen atoms in total. The highest BCUT2D eigenvalue weighted by Crippen LogP contribution is 2.55. The van der Waals surface area contributed by atoms with Crippen LogP contribution in [0.5, 0.6) is 11.5 Å². The lowest BCUT2D eigenvalue weighted by Gasteiger charge is -2.33. The first kappa shape index (κ1) is 38.0. The molecular formula is C28H26BF9O7S2. The lowest BCUT2D eigenvalue weighted by molar-refractivity contribution is -0.382.